The van der Waals surface area contributed by atoms with Crippen molar-refractivity contribution < 1.29 is 9.26 Å². The lowest BCUT2D eigenvalue weighted by Crippen LogP contribution is -2.43. The first-order valence-electron chi connectivity index (χ1n) is 5.90. The van der Waals surface area contributed by atoms with Gasteiger partial charge in [0.05, 0.1) is 12.2 Å². The Balaban J connectivity index is 1.73. The van der Waals surface area contributed by atoms with E-state index in [0.717, 1.165) is 13.1 Å². The summed E-state index contributed by atoms with van der Waals surface area (Å²) in [5, 5.41) is 15.1. The van der Waals surface area contributed by atoms with E-state index < -0.39 is 0 Å². The number of nitrogens with one attached hydrogen (secondary N) is 1. The summed E-state index contributed by atoms with van der Waals surface area (Å²) >= 11 is 0. The van der Waals surface area contributed by atoms with E-state index in [4.69, 9.17) is 9.26 Å². The van der Waals surface area contributed by atoms with Gasteiger partial charge in [0.2, 0.25) is 0 Å². The lowest BCUT2D eigenvalue weighted by molar-refractivity contribution is 0.126. The van der Waals surface area contributed by atoms with Crippen molar-refractivity contribution in [3.05, 3.63) is 12.0 Å². The molecule has 0 saturated carbocycles. The molecule has 0 amide bonds. The molecule has 0 aliphatic carbocycles. The zero-order valence-corrected chi connectivity index (χ0v) is 10.0. The van der Waals surface area contributed by atoms with Gasteiger partial charge in [-0.25, -0.2) is 4.68 Å². The molecule has 1 fully saturated rings. The van der Waals surface area contributed by atoms with Gasteiger partial charge in [0.25, 0.3) is 5.89 Å². The highest BCUT2D eigenvalue weighted by molar-refractivity contribution is 5.43. The first-order chi connectivity index (χ1) is 8.86. The zero-order valence-electron chi connectivity index (χ0n) is 10.0. The fraction of sp³-hybridized carbons (Fsp3) is 0.600. The first kappa shape index (κ1) is 11.3. The van der Waals surface area contributed by atoms with E-state index in [9.17, 15) is 0 Å². The average Bonchev–Trinajstić information content (AvgIpc) is 2.92. The maximum absolute atomic E-state index is 5.20. The molecule has 2 aromatic rings. The molecule has 0 bridgehead atoms. The highest BCUT2D eigenvalue weighted by Gasteiger charge is 2.21. The van der Waals surface area contributed by atoms with Gasteiger partial charge in [0.1, 0.15) is 6.61 Å². The highest BCUT2D eigenvalue weighted by Crippen LogP contribution is 2.17. The Bertz CT molecular complexity index is 518. The third-order valence-corrected chi connectivity index (χ3v) is 2.77. The van der Waals surface area contributed by atoms with Crippen LogP contribution in [0.5, 0.6) is 0 Å². The van der Waals surface area contributed by atoms with E-state index in [1.165, 1.54) is 0 Å². The Morgan fingerprint density at radius 3 is 3.17 bits per heavy atom. The van der Waals surface area contributed by atoms with Gasteiger partial charge >= 0.3 is 0 Å². The molecule has 3 rings (SSSR count). The van der Waals surface area contributed by atoms with E-state index in [1.807, 2.05) is 17.8 Å². The van der Waals surface area contributed by atoms with Gasteiger partial charge in [-0.05, 0) is 6.92 Å². The second kappa shape index (κ2) is 4.83. The molecule has 8 heteroatoms. The van der Waals surface area contributed by atoms with Crippen LogP contribution in [0, 0.1) is 0 Å². The van der Waals surface area contributed by atoms with Crippen molar-refractivity contribution in [2.45, 2.75) is 19.6 Å². The predicted octanol–water partition coefficient (Wildman–Crippen LogP) is 0.00890. The number of hydrogen-bond donors (Lipinski definition) is 1. The summed E-state index contributed by atoms with van der Waals surface area (Å²) in [4.78, 5) is 4.20. The van der Waals surface area contributed by atoms with Crippen LogP contribution < -0.4 is 5.32 Å². The molecule has 3 heterocycles. The van der Waals surface area contributed by atoms with E-state index in [1.54, 1.807) is 0 Å². The number of ether oxygens (including phenoxy) is 1. The van der Waals surface area contributed by atoms with Crippen molar-refractivity contribution in [1.29, 1.82) is 0 Å². The molecule has 0 unspecified atom stereocenters. The maximum atomic E-state index is 5.20. The number of rotatable bonds is 5. The molecule has 0 radical (unpaired) electrons. The summed E-state index contributed by atoms with van der Waals surface area (Å²) < 4.78 is 12.1. The lowest BCUT2D eigenvalue weighted by Gasteiger charge is -2.26. The number of hydrogen-bond acceptors (Lipinski definition) is 7. The van der Waals surface area contributed by atoms with Crippen LogP contribution in [-0.4, -0.2) is 44.8 Å². The van der Waals surface area contributed by atoms with Crippen LogP contribution in [0.15, 0.2) is 10.7 Å². The van der Waals surface area contributed by atoms with Crippen LogP contribution in [0.4, 0.5) is 0 Å². The Labute approximate surface area is 103 Å². The average molecular weight is 250 g/mol. The second-order valence-electron chi connectivity index (χ2n) is 4.05. The monoisotopic (exact) mass is 250 g/mol. The van der Waals surface area contributed by atoms with Crippen LogP contribution in [0.2, 0.25) is 0 Å². The SMILES string of the molecule is CCOCc1noc(-c2cn(C3CNC3)nn2)n1. The van der Waals surface area contributed by atoms with Crippen molar-refractivity contribution in [2.24, 2.45) is 0 Å². The number of nitrogens with zero attached hydrogens (tertiary/aromatic N) is 5. The fourth-order valence-electron chi connectivity index (χ4n) is 1.62. The van der Waals surface area contributed by atoms with E-state index in [-0.39, 0.29) is 0 Å². The Morgan fingerprint density at radius 2 is 2.44 bits per heavy atom. The number of aromatic nitrogens is 5. The molecule has 0 aromatic carbocycles. The van der Waals surface area contributed by atoms with Gasteiger partial charge in [0, 0.05) is 19.7 Å². The summed E-state index contributed by atoms with van der Waals surface area (Å²) in [5.74, 6) is 0.898. The van der Waals surface area contributed by atoms with Crippen LogP contribution in [0.25, 0.3) is 11.6 Å². The van der Waals surface area contributed by atoms with Crippen LogP contribution >= 0.6 is 0 Å². The molecule has 1 aliphatic rings. The summed E-state index contributed by atoms with van der Waals surface area (Å²) in [5.41, 5.74) is 0.595. The molecule has 96 valence electrons. The van der Waals surface area contributed by atoms with E-state index >= 15 is 0 Å². The van der Waals surface area contributed by atoms with E-state index in [0.29, 0.717) is 36.7 Å². The zero-order chi connectivity index (χ0) is 12.4. The summed E-state index contributed by atoms with van der Waals surface area (Å²) in [6.07, 6.45) is 1.82. The maximum Gasteiger partial charge on any atom is 0.280 e. The van der Waals surface area contributed by atoms with Gasteiger partial charge in [-0.15, -0.1) is 5.10 Å². The molecule has 1 N–H and O–H groups in total. The second-order valence-corrected chi connectivity index (χ2v) is 4.05. The van der Waals surface area contributed by atoms with Crippen molar-refractivity contribution >= 4 is 0 Å². The lowest BCUT2D eigenvalue weighted by atomic mass is 10.2. The third kappa shape index (κ3) is 2.12. The quantitative estimate of drug-likeness (QED) is 0.799. The molecular formula is C10H14N6O2. The molecule has 1 saturated heterocycles. The van der Waals surface area contributed by atoms with Gasteiger partial charge < -0.3 is 14.6 Å². The van der Waals surface area contributed by atoms with Crippen LogP contribution in [-0.2, 0) is 11.3 Å². The molecule has 1 aliphatic heterocycles. The van der Waals surface area contributed by atoms with Crippen molar-refractivity contribution in [1.82, 2.24) is 30.5 Å². The topological polar surface area (TPSA) is 90.9 Å². The van der Waals surface area contributed by atoms with Gasteiger partial charge in [-0.3, -0.25) is 0 Å². The molecule has 8 nitrogen and oxygen atoms in total. The van der Waals surface area contributed by atoms with E-state index in [2.05, 4.69) is 25.8 Å². The third-order valence-electron chi connectivity index (χ3n) is 2.77. The minimum Gasteiger partial charge on any atom is -0.374 e. The smallest absolute Gasteiger partial charge is 0.280 e. The normalized spacial score (nSPS) is 15.8. The van der Waals surface area contributed by atoms with Crippen LogP contribution in [0.1, 0.15) is 18.8 Å². The Hall–Kier alpha value is -1.80. The molecule has 2 aromatic heterocycles. The molecule has 18 heavy (non-hydrogen) atoms. The van der Waals surface area contributed by atoms with Crippen molar-refractivity contribution in [3.8, 4) is 11.6 Å². The fourth-order valence-corrected chi connectivity index (χ4v) is 1.62. The van der Waals surface area contributed by atoms with Crippen LogP contribution in [0.3, 0.4) is 0 Å². The van der Waals surface area contributed by atoms with Gasteiger partial charge in [0.15, 0.2) is 11.5 Å². The summed E-state index contributed by atoms with van der Waals surface area (Å²) in [7, 11) is 0. The summed E-state index contributed by atoms with van der Waals surface area (Å²) in [6.45, 7) is 4.72. The summed E-state index contributed by atoms with van der Waals surface area (Å²) in [6, 6.07) is 0.372. The molecule has 0 atom stereocenters. The predicted molar refractivity (Wildman–Crippen MR) is 60.6 cm³/mol. The van der Waals surface area contributed by atoms with Crippen molar-refractivity contribution in [2.75, 3.05) is 19.7 Å². The van der Waals surface area contributed by atoms with Gasteiger partial charge in [-0.1, -0.05) is 10.4 Å². The standard InChI is InChI=1S/C10H14N6O2/c1-2-17-6-9-12-10(18-14-9)8-5-16(15-13-8)7-3-11-4-7/h5,7,11H,2-4,6H2,1H3. The largest absolute Gasteiger partial charge is 0.374 e. The molecular weight excluding hydrogens is 236 g/mol. The minimum absolute atomic E-state index is 0.348. The van der Waals surface area contributed by atoms with Crippen molar-refractivity contribution in [3.63, 3.8) is 0 Å². The highest BCUT2D eigenvalue weighted by atomic mass is 16.5. The minimum atomic E-state index is 0.348. The molecule has 0 spiro atoms. The van der Waals surface area contributed by atoms with Gasteiger partial charge in [-0.2, -0.15) is 4.98 Å². The Kier molecular flexibility index (Phi) is 3.03. The first-order valence-corrected chi connectivity index (χ1v) is 5.90. The Morgan fingerprint density at radius 1 is 1.56 bits per heavy atom.